The van der Waals surface area contributed by atoms with Crippen LogP contribution in [0.15, 0.2) is 72.8 Å². The molecular weight excluding hydrogens is 442 g/mol. The molecule has 1 amide bonds. The topological polar surface area (TPSA) is 64.6 Å². The van der Waals surface area contributed by atoms with Crippen LogP contribution in [0.2, 0.25) is 0 Å². The summed E-state index contributed by atoms with van der Waals surface area (Å²) in [4.78, 5) is 25.0. The highest BCUT2D eigenvalue weighted by Crippen LogP contribution is 2.34. The number of benzene rings is 3. The number of rotatable bonds is 7. The van der Waals surface area contributed by atoms with Crippen LogP contribution in [0.1, 0.15) is 28.4 Å². The fourth-order valence-electron chi connectivity index (χ4n) is 2.85. The second kappa shape index (κ2) is 10.2. The molecule has 0 spiro atoms. The van der Waals surface area contributed by atoms with Gasteiger partial charge in [-0.25, -0.2) is 9.18 Å². The normalized spacial score (nSPS) is 12.0. The third kappa shape index (κ3) is 6.31. The Morgan fingerprint density at radius 1 is 0.939 bits per heavy atom. The van der Waals surface area contributed by atoms with Crippen molar-refractivity contribution in [3.63, 3.8) is 0 Å². The van der Waals surface area contributed by atoms with E-state index < -0.39 is 41.2 Å². The van der Waals surface area contributed by atoms with Gasteiger partial charge in [-0.05, 0) is 48.9 Å². The van der Waals surface area contributed by atoms with E-state index in [2.05, 4.69) is 5.32 Å². The number of para-hydroxylation sites is 2. The van der Waals surface area contributed by atoms with Gasteiger partial charge in [-0.3, -0.25) is 4.79 Å². The maximum atomic E-state index is 13.1. The molecular formula is C24H19F4NO4. The Balaban J connectivity index is 1.66. The van der Waals surface area contributed by atoms with Gasteiger partial charge in [-0.1, -0.05) is 36.4 Å². The summed E-state index contributed by atoms with van der Waals surface area (Å²) in [5.74, 6) is -2.05. The Kier molecular flexibility index (Phi) is 7.32. The van der Waals surface area contributed by atoms with Crippen molar-refractivity contribution in [1.82, 2.24) is 0 Å². The number of nitrogens with one attached hydrogen (secondary N) is 1. The van der Waals surface area contributed by atoms with Crippen LogP contribution in [-0.4, -0.2) is 18.0 Å². The molecule has 33 heavy (non-hydrogen) atoms. The molecule has 0 aromatic heterocycles. The molecule has 0 aliphatic heterocycles. The Bertz CT molecular complexity index is 1130. The number of carbonyl (C=O) groups is 2. The molecule has 1 atom stereocenters. The molecule has 9 heteroatoms. The molecule has 0 bridgehead atoms. The summed E-state index contributed by atoms with van der Waals surface area (Å²) in [6.45, 7) is 1.29. The SMILES string of the molecule is CC(OC(=O)c1ccccc1OCc1ccc(F)cc1)C(=O)Nc1ccccc1C(F)(F)F. The summed E-state index contributed by atoms with van der Waals surface area (Å²) in [6, 6.07) is 16.2. The number of hydrogen-bond acceptors (Lipinski definition) is 4. The quantitative estimate of drug-likeness (QED) is 0.367. The van der Waals surface area contributed by atoms with Crippen molar-refractivity contribution in [3.8, 4) is 5.75 Å². The lowest BCUT2D eigenvalue weighted by Gasteiger charge is -2.17. The van der Waals surface area contributed by atoms with Crippen molar-refractivity contribution in [3.05, 3.63) is 95.3 Å². The van der Waals surface area contributed by atoms with Gasteiger partial charge in [0.05, 0.1) is 11.3 Å². The summed E-state index contributed by atoms with van der Waals surface area (Å²) in [6.07, 6.45) is -6.05. The van der Waals surface area contributed by atoms with Crippen LogP contribution < -0.4 is 10.1 Å². The van der Waals surface area contributed by atoms with Crippen LogP contribution in [-0.2, 0) is 22.3 Å². The van der Waals surface area contributed by atoms with Gasteiger partial charge in [0.15, 0.2) is 6.10 Å². The second-order valence-electron chi connectivity index (χ2n) is 6.99. The Labute approximate surface area is 186 Å². The van der Waals surface area contributed by atoms with E-state index in [0.29, 0.717) is 5.56 Å². The molecule has 5 nitrogen and oxygen atoms in total. The minimum absolute atomic E-state index is 0.0231. The minimum Gasteiger partial charge on any atom is -0.488 e. The standard InChI is InChI=1S/C24H19F4NO4/c1-15(22(30)29-20-8-4-3-7-19(20)24(26,27)28)33-23(31)18-6-2-5-9-21(18)32-14-16-10-12-17(25)13-11-16/h2-13,15H,14H2,1H3,(H,29,30). The van der Waals surface area contributed by atoms with E-state index in [1.165, 1.54) is 55.5 Å². The van der Waals surface area contributed by atoms with Crippen molar-refractivity contribution in [2.45, 2.75) is 25.8 Å². The van der Waals surface area contributed by atoms with Crippen LogP contribution in [0.25, 0.3) is 0 Å². The average Bonchev–Trinajstić information content (AvgIpc) is 2.78. The molecule has 3 aromatic rings. The van der Waals surface area contributed by atoms with E-state index >= 15 is 0 Å². The van der Waals surface area contributed by atoms with E-state index in [-0.39, 0.29) is 17.9 Å². The van der Waals surface area contributed by atoms with Crippen LogP contribution >= 0.6 is 0 Å². The zero-order valence-corrected chi connectivity index (χ0v) is 17.4. The van der Waals surface area contributed by atoms with E-state index in [9.17, 15) is 27.2 Å². The summed E-state index contributed by atoms with van der Waals surface area (Å²) in [5.41, 5.74) is -0.775. The number of amides is 1. The zero-order chi connectivity index (χ0) is 24.0. The van der Waals surface area contributed by atoms with Gasteiger partial charge in [0.25, 0.3) is 5.91 Å². The second-order valence-corrected chi connectivity index (χ2v) is 6.99. The third-order valence-corrected chi connectivity index (χ3v) is 4.56. The molecule has 1 N–H and O–H groups in total. The van der Waals surface area contributed by atoms with Crippen LogP contribution in [0.5, 0.6) is 5.75 Å². The molecule has 0 heterocycles. The van der Waals surface area contributed by atoms with Gasteiger partial charge >= 0.3 is 12.1 Å². The highest BCUT2D eigenvalue weighted by Gasteiger charge is 2.34. The highest BCUT2D eigenvalue weighted by molar-refractivity contribution is 5.98. The molecule has 0 fully saturated rings. The smallest absolute Gasteiger partial charge is 0.418 e. The Morgan fingerprint density at radius 2 is 1.58 bits per heavy atom. The van der Waals surface area contributed by atoms with Crippen molar-refractivity contribution in [1.29, 1.82) is 0 Å². The van der Waals surface area contributed by atoms with Gasteiger partial charge < -0.3 is 14.8 Å². The number of ether oxygens (including phenoxy) is 2. The lowest BCUT2D eigenvalue weighted by atomic mass is 10.1. The van der Waals surface area contributed by atoms with Crippen LogP contribution in [0.4, 0.5) is 23.2 Å². The van der Waals surface area contributed by atoms with Crippen molar-refractivity contribution in [2.24, 2.45) is 0 Å². The van der Waals surface area contributed by atoms with Gasteiger partial charge in [0.1, 0.15) is 23.7 Å². The summed E-state index contributed by atoms with van der Waals surface area (Å²) < 4.78 is 63.2. The van der Waals surface area contributed by atoms with Gasteiger partial charge in [-0.15, -0.1) is 0 Å². The lowest BCUT2D eigenvalue weighted by Crippen LogP contribution is -2.31. The number of halogens is 4. The predicted octanol–water partition coefficient (Wildman–Crippen LogP) is 5.61. The fourth-order valence-corrected chi connectivity index (χ4v) is 2.85. The molecule has 0 saturated carbocycles. The average molecular weight is 461 g/mol. The number of carbonyl (C=O) groups excluding carboxylic acids is 2. The number of hydrogen-bond donors (Lipinski definition) is 1. The first-order chi connectivity index (χ1) is 15.6. The molecule has 0 radical (unpaired) electrons. The third-order valence-electron chi connectivity index (χ3n) is 4.56. The maximum Gasteiger partial charge on any atom is 0.418 e. The fraction of sp³-hybridized carbons (Fsp3) is 0.167. The van der Waals surface area contributed by atoms with Crippen molar-refractivity contribution in [2.75, 3.05) is 5.32 Å². The van der Waals surface area contributed by atoms with Gasteiger partial charge in [-0.2, -0.15) is 13.2 Å². The minimum atomic E-state index is -4.66. The summed E-state index contributed by atoms with van der Waals surface area (Å²) >= 11 is 0. The monoisotopic (exact) mass is 461 g/mol. The summed E-state index contributed by atoms with van der Waals surface area (Å²) in [7, 11) is 0. The van der Waals surface area contributed by atoms with Crippen molar-refractivity contribution >= 4 is 17.6 Å². The van der Waals surface area contributed by atoms with E-state index in [4.69, 9.17) is 9.47 Å². The first-order valence-corrected chi connectivity index (χ1v) is 9.79. The number of esters is 1. The largest absolute Gasteiger partial charge is 0.488 e. The van der Waals surface area contributed by atoms with Gasteiger partial charge in [0.2, 0.25) is 0 Å². The maximum absolute atomic E-state index is 13.1. The van der Waals surface area contributed by atoms with Gasteiger partial charge in [0, 0.05) is 0 Å². The van der Waals surface area contributed by atoms with Crippen LogP contribution in [0.3, 0.4) is 0 Å². The Hall–Kier alpha value is -3.88. The first kappa shape index (κ1) is 23.8. The van der Waals surface area contributed by atoms with Crippen LogP contribution in [0, 0.1) is 5.82 Å². The van der Waals surface area contributed by atoms with E-state index in [1.54, 1.807) is 12.1 Å². The van der Waals surface area contributed by atoms with Crippen molar-refractivity contribution < 1.29 is 36.6 Å². The first-order valence-electron chi connectivity index (χ1n) is 9.79. The zero-order valence-electron chi connectivity index (χ0n) is 17.4. The molecule has 1 unspecified atom stereocenters. The molecule has 0 saturated heterocycles. The summed E-state index contributed by atoms with van der Waals surface area (Å²) in [5, 5.41) is 2.14. The van der Waals surface area contributed by atoms with E-state index in [0.717, 1.165) is 12.1 Å². The molecule has 0 aliphatic carbocycles. The molecule has 3 aromatic carbocycles. The predicted molar refractivity (Wildman–Crippen MR) is 112 cm³/mol. The number of anilines is 1. The molecule has 3 rings (SSSR count). The molecule has 172 valence electrons. The molecule has 0 aliphatic rings. The Morgan fingerprint density at radius 3 is 2.27 bits per heavy atom. The highest BCUT2D eigenvalue weighted by atomic mass is 19.4. The lowest BCUT2D eigenvalue weighted by molar-refractivity contribution is -0.137. The number of alkyl halides is 3. The van der Waals surface area contributed by atoms with E-state index in [1.807, 2.05) is 0 Å².